The number of nitrogens with zero attached hydrogens (tertiary/aromatic N) is 1. The predicted molar refractivity (Wildman–Crippen MR) is 50.0 cm³/mol. The van der Waals surface area contributed by atoms with Gasteiger partial charge in [-0.25, -0.2) is 27.3 Å². The van der Waals surface area contributed by atoms with Gasteiger partial charge in [-0.1, -0.05) is 11.6 Å². The molecule has 9 heteroatoms. The summed E-state index contributed by atoms with van der Waals surface area (Å²) in [6, 6.07) is 0.928. The van der Waals surface area contributed by atoms with Crippen LogP contribution in [0.2, 0.25) is 5.15 Å². The van der Waals surface area contributed by atoms with Crippen molar-refractivity contribution in [3.63, 3.8) is 0 Å². The number of anilines is 1. The van der Waals surface area contributed by atoms with Crippen LogP contribution >= 0.6 is 11.6 Å². The molecule has 0 saturated carbocycles. The summed E-state index contributed by atoms with van der Waals surface area (Å²) in [7, 11) is -4.38. The minimum atomic E-state index is -4.38. The van der Waals surface area contributed by atoms with Crippen LogP contribution in [0.5, 0.6) is 0 Å². The van der Waals surface area contributed by atoms with Crippen LogP contribution in [0, 0.1) is 0 Å². The number of alkyl halides is 2. The average molecular weight is 258 g/mol. The maximum absolute atomic E-state index is 12.5. The molecule has 0 unspecified atom stereocenters. The van der Waals surface area contributed by atoms with Crippen molar-refractivity contribution < 1.29 is 17.2 Å². The molecule has 0 aliphatic carbocycles. The van der Waals surface area contributed by atoms with Crippen molar-refractivity contribution in [3.8, 4) is 0 Å². The minimum absolute atomic E-state index is 0.319. The summed E-state index contributed by atoms with van der Waals surface area (Å²) >= 11 is 5.38. The van der Waals surface area contributed by atoms with Crippen LogP contribution in [0.1, 0.15) is 12.0 Å². The Morgan fingerprint density at radius 2 is 2.00 bits per heavy atom. The number of primary sulfonamides is 1. The molecule has 1 aromatic rings. The molecule has 0 bridgehead atoms. The van der Waals surface area contributed by atoms with Crippen LogP contribution in [-0.2, 0) is 10.0 Å². The summed E-state index contributed by atoms with van der Waals surface area (Å²) in [4.78, 5) is 3.22. The minimum Gasteiger partial charge on any atom is -0.398 e. The number of hydrogen-bond acceptors (Lipinski definition) is 4. The Morgan fingerprint density at radius 3 is 2.40 bits per heavy atom. The van der Waals surface area contributed by atoms with Gasteiger partial charge in [-0.3, -0.25) is 0 Å². The van der Waals surface area contributed by atoms with E-state index in [-0.39, 0.29) is 5.15 Å². The molecule has 0 spiro atoms. The van der Waals surface area contributed by atoms with Gasteiger partial charge in [0.05, 0.1) is 5.56 Å². The Hall–Kier alpha value is -0.990. The molecule has 1 rings (SSSR count). The highest BCUT2D eigenvalue weighted by atomic mass is 35.5. The monoisotopic (exact) mass is 257 g/mol. The first-order valence-electron chi connectivity index (χ1n) is 3.50. The Balaban J connectivity index is 3.62. The highest BCUT2D eigenvalue weighted by Gasteiger charge is 2.25. The van der Waals surface area contributed by atoms with Gasteiger partial charge in [-0.15, -0.1) is 0 Å². The van der Waals surface area contributed by atoms with Crippen LogP contribution in [0.25, 0.3) is 0 Å². The van der Waals surface area contributed by atoms with Crippen LogP contribution in [0.15, 0.2) is 11.1 Å². The third-order valence-electron chi connectivity index (χ3n) is 1.51. The molecule has 15 heavy (non-hydrogen) atoms. The number of aromatic nitrogens is 1. The summed E-state index contributed by atoms with van der Waals surface area (Å²) in [6.45, 7) is 0. The number of pyridine rings is 1. The van der Waals surface area contributed by atoms with Gasteiger partial charge in [0.15, 0.2) is 5.03 Å². The molecule has 84 valence electrons. The molecular formula is C6H6ClF2N3O2S. The Morgan fingerprint density at radius 1 is 1.47 bits per heavy atom. The summed E-state index contributed by atoms with van der Waals surface area (Å²) in [5, 5.41) is 3.38. The fourth-order valence-corrected chi connectivity index (χ4v) is 1.95. The van der Waals surface area contributed by atoms with Gasteiger partial charge in [0.1, 0.15) is 5.15 Å². The largest absolute Gasteiger partial charge is 0.398 e. The van der Waals surface area contributed by atoms with Crippen LogP contribution in [0.4, 0.5) is 14.5 Å². The molecule has 0 fully saturated rings. The molecule has 0 aliphatic rings. The van der Waals surface area contributed by atoms with Crippen molar-refractivity contribution in [2.45, 2.75) is 11.5 Å². The second-order valence-corrected chi connectivity index (χ2v) is 4.46. The number of halogens is 3. The van der Waals surface area contributed by atoms with Gasteiger partial charge in [0.25, 0.3) is 16.4 Å². The standard InChI is InChI=1S/C6H6ClF2N3O2S/c7-3-1-2(10)4(5(8)9)6(12-3)15(11,13)14/h1,5H,(H2,10,12)(H2,11,13,14). The van der Waals surface area contributed by atoms with E-state index in [1.54, 1.807) is 0 Å². The quantitative estimate of drug-likeness (QED) is 0.769. The van der Waals surface area contributed by atoms with E-state index in [4.69, 9.17) is 22.5 Å². The highest BCUT2D eigenvalue weighted by molar-refractivity contribution is 7.89. The van der Waals surface area contributed by atoms with E-state index in [2.05, 4.69) is 4.98 Å². The van der Waals surface area contributed by atoms with Crippen LogP contribution in [0.3, 0.4) is 0 Å². The zero-order chi connectivity index (χ0) is 11.8. The van der Waals surface area contributed by atoms with E-state index in [0.29, 0.717) is 0 Å². The molecule has 0 atom stereocenters. The van der Waals surface area contributed by atoms with E-state index in [9.17, 15) is 17.2 Å². The normalized spacial score (nSPS) is 12.1. The SMILES string of the molecule is Nc1cc(Cl)nc(S(N)(=O)=O)c1C(F)F. The fraction of sp³-hybridized carbons (Fsp3) is 0.167. The van der Waals surface area contributed by atoms with Gasteiger partial charge in [0, 0.05) is 5.69 Å². The molecule has 4 N–H and O–H groups in total. The van der Waals surface area contributed by atoms with Gasteiger partial charge in [-0.2, -0.15) is 0 Å². The van der Waals surface area contributed by atoms with E-state index < -0.39 is 32.7 Å². The second-order valence-electron chi connectivity index (χ2n) is 2.60. The Bertz CT molecular complexity index is 491. The number of hydrogen-bond donors (Lipinski definition) is 2. The van der Waals surface area contributed by atoms with E-state index >= 15 is 0 Å². The van der Waals surface area contributed by atoms with Crippen molar-refractivity contribution in [1.29, 1.82) is 0 Å². The van der Waals surface area contributed by atoms with Crippen molar-refractivity contribution in [3.05, 3.63) is 16.8 Å². The third-order valence-corrected chi connectivity index (χ3v) is 2.56. The van der Waals surface area contributed by atoms with Crippen molar-refractivity contribution in [2.24, 2.45) is 5.14 Å². The van der Waals surface area contributed by atoms with E-state index in [1.165, 1.54) is 0 Å². The topological polar surface area (TPSA) is 99.1 Å². The molecule has 1 heterocycles. The number of nitrogen functional groups attached to an aromatic ring is 1. The molecule has 0 saturated heterocycles. The third kappa shape index (κ3) is 2.52. The number of rotatable bonds is 2. The molecule has 0 aromatic carbocycles. The predicted octanol–water partition coefficient (Wildman–Crippen LogP) is 0.902. The molecule has 5 nitrogen and oxygen atoms in total. The van der Waals surface area contributed by atoms with Crippen molar-refractivity contribution in [1.82, 2.24) is 4.98 Å². The van der Waals surface area contributed by atoms with Crippen LogP contribution < -0.4 is 10.9 Å². The molecular weight excluding hydrogens is 252 g/mol. The highest BCUT2D eigenvalue weighted by Crippen LogP contribution is 2.31. The van der Waals surface area contributed by atoms with Gasteiger partial charge >= 0.3 is 0 Å². The van der Waals surface area contributed by atoms with Crippen molar-refractivity contribution >= 4 is 27.3 Å². The van der Waals surface area contributed by atoms with Gasteiger partial charge < -0.3 is 5.73 Å². The van der Waals surface area contributed by atoms with E-state index in [1.807, 2.05) is 0 Å². The average Bonchev–Trinajstić information content (AvgIpc) is 1.99. The first kappa shape index (κ1) is 12.1. The first-order valence-corrected chi connectivity index (χ1v) is 5.42. The fourth-order valence-electron chi connectivity index (χ4n) is 0.955. The lowest BCUT2D eigenvalue weighted by Gasteiger charge is -2.09. The lowest BCUT2D eigenvalue weighted by molar-refractivity contribution is 0.148. The van der Waals surface area contributed by atoms with Crippen molar-refractivity contribution in [2.75, 3.05) is 5.73 Å². The van der Waals surface area contributed by atoms with Crippen LogP contribution in [-0.4, -0.2) is 13.4 Å². The second kappa shape index (κ2) is 3.87. The summed E-state index contributed by atoms with van der Waals surface area (Å²) in [5.74, 6) is 0. The zero-order valence-electron chi connectivity index (χ0n) is 7.12. The van der Waals surface area contributed by atoms with Gasteiger partial charge in [-0.05, 0) is 6.07 Å². The summed E-state index contributed by atoms with van der Waals surface area (Å²) < 4.78 is 46.8. The number of nitrogens with two attached hydrogens (primary N) is 2. The van der Waals surface area contributed by atoms with E-state index in [0.717, 1.165) is 6.07 Å². The summed E-state index contributed by atoms with van der Waals surface area (Å²) in [5.41, 5.74) is 3.80. The maximum Gasteiger partial charge on any atom is 0.268 e. The number of sulfonamides is 1. The Kier molecular flexibility index (Phi) is 3.12. The Labute approximate surface area is 89.1 Å². The zero-order valence-corrected chi connectivity index (χ0v) is 8.69. The molecule has 0 radical (unpaired) electrons. The lowest BCUT2D eigenvalue weighted by atomic mass is 10.2. The maximum atomic E-state index is 12.5. The lowest BCUT2D eigenvalue weighted by Crippen LogP contribution is -2.18. The molecule has 0 aliphatic heterocycles. The van der Waals surface area contributed by atoms with Gasteiger partial charge in [0.2, 0.25) is 0 Å². The molecule has 0 amide bonds. The molecule has 1 aromatic heterocycles. The summed E-state index contributed by atoms with van der Waals surface area (Å²) in [6.07, 6.45) is -3.09. The first-order chi connectivity index (χ1) is 6.73. The smallest absolute Gasteiger partial charge is 0.268 e.